The van der Waals surface area contributed by atoms with Crippen molar-refractivity contribution >= 4 is 16.8 Å². The number of hydrogen-bond acceptors (Lipinski definition) is 4. The molecule has 1 aromatic heterocycles. The van der Waals surface area contributed by atoms with Crippen molar-refractivity contribution in [1.82, 2.24) is 15.3 Å². The Hall–Kier alpha value is -2.99. The number of carbonyl (C=O) groups excluding carboxylic acids is 1. The second-order valence-corrected chi connectivity index (χ2v) is 6.27. The number of carbonyl (C=O) groups is 1. The van der Waals surface area contributed by atoms with E-state index in [1.807, 2.05) is 36.4 Å². The highest BCUT2D eigenvalue weighted by Crippen LogP contribution is 2.06. The molecule has 3 aromatic rings. The number of ether oxygens (including phenoxy) is 1. The minimum atomic E-state index is -0.174. The van der Waals surface area contributed by atoms with Crippen molar-refractivity contribution in [2.45, 2.75) is 25.9 Å². The van der Waals surface area contributed by atoms with Gasteiger partial charge in [0.25, 0.3) is 5.56 Å². The smallest absolute Gasteiger partial charge is 0.258 e. The number of nitrogens with one attached hydrogen (secondary N) is 2. The predicted molar refractivity (Wildman–Crippen MR) is 104 cm³/mol. The molecule has 2 N–H and O–H groups in total. The van der Waals surface area contributed by atoms with Crippen molar-refractivity contribution in [3.63, 3.8) is 0 Å². The first-order valence-electron chi connectivity index (χ1n) is 9.09. The zero-order chi connectivity index (χ0) is 18.9. The van der Waals surface area contributed by atoms with E-state index in [2.05, 4.69) is 15.3 Å². The fourth-order valence-corrected chi connectivity index (χ4v) is 2.74. The molecule has 0 saturated carbocycles. The Bertz CT molecular complexity index is 938. The molecule has 0 aliphatic carbocycles. The number of rotatable bonds is 9. The van der Waals surface area contributed by atoms with Crippen LogP contribution in [0.15, 0.2) is 59.4 Å². The third kappa shape index (κ3) is 5.76. The van der Waals surface area contributed by atoms with Gasteiger partial charge in [-0.2, -0.15) is 0 Å². The van der Waals surface area contributed by atoms with Crippen LogP contribution in [0.1, 0.15) is 24.2 Å². The lowest BCUT2D eigenvalue weighted by atomic mass is 10.2. The predicted octanol–water partition coefficient (Wildman–Crippen LogP) is 2.58. The Balaban J connectivity index is 1.34. The van der Waals surface area contributed by atoms with E-state index in [0.717, 1.165) is 12.0 Å². The normalized spacial score (nSPS) is 10.8. The fraction of sp³-hybridized carbons (Fsp3) is 0.286. The molecule has 0 fully saturated rings. The topological polar surface area (TPSA) is 84.1 Å². The average molecular weight is 365 g/mol. The third-order valence-corrected chi connectivity index (χ3v) is 4.15. The van der Waals surface area contributed by atoms with Gasteiger partial charge < -0.3 is 15.0 Å². The number of aromatic amines is 1. The number of hydrogen-bond donors (Lipinski definition) is 2. The van der Waals surface area contributed by atoms with Crippen LogP contribution in [0.2, 0.25) is 0 Å². The minimum absolute atomic E-state index is 0.0612. The van der Waals surface area contributed by atoms with Gasteiger partial charge in [0.1, 0.15) is 5.82 Å². The van der Waals surface area contributed by atoms with E-state index >= 15 is 0 Å². The highest BCUT2D eigenvalue weighted by atomic mass is 16.5. The maximum atomic E-state index is 12.0. The molecule has 27 heavy (non-hydrogen) atoms. The van der Waals surface area contributed by atoms with Gasteiger partial charge in [0.15, 0.2) is 0 Å². The van der Waals surface area contributed by atoms with Gasteiger partial charge >= 0.3 is 0 Å². The van der Waals surface area contributed by atoms with E-state index in [1.165, 1.54) is 0 Å². The van der Waals surface area contributed by atoms with Crippen LogP contribution in [-0.2, 0) is 22.6 Å². The summed E-state index contributed by atoms with van der Waals surface area (Å²) >= 11 is 0. The first-order valence-corrected chi connectivity index (χ1v) is 9.09. The Kier molecular flexibility index (Phi) is 6.71. The summed E-state index contributed by atoms with van der Waals surface area (Å²) in [5, 5.41) is 3.42. The molecule has 2 aromatic carbocycles. The lowest BCUT2D eigenvalue weighted by Crippen LogP contribution is -2.26. The largest absolute Gasteiger partial charge is 0.377 e. The van der Waals surface area contributed by atoms with Crippen LogP contribution in [-0.4, -0.2) is 29.0 Å². The van der Waals surface area contributed by atoms with Gasteiger partial charge in [-0.1, -0.05) is 42.5 Å². The molecule has 0 atom stereocenters. The van der Waals surface area contributed by atoms with Crippen LogP contribution in [0.3, 0.4) is 0 Å². The molecule has 6 heteroatoms. The van der Waals surface area contributed by atoms with Crippen LogP contribution in [0.25, 0.3) is 10.9 Å². The number of H-pyrrole nitrogens is 1. The summed E-state index contributed by atoms with van der Waals surface area (Å²) < 4.78 is 5.58. The molecule has 3 rings (SSSR count). The Labute approximate surface area is 157 Å². The molecule has 0 radical (unpaired) electrons. The molecule has 6 nitrogen and oxygen atoms in total. The van der Waals surface area contributed by atoms with Crippen molar-refractivity contribution in [3.05, 3.63) is 76.3 Å². The van der Waals surface area contributed by atoms with Gasteiger partial charge in [0.05, 0.1) is 17.5 Å². The Morgan fingerprint density at radius 3 is 2.70 bits per heavy atom. The molecule has 1 heterocycles. The van der Waals surface area contributed by atoms with Crippen LogP contribution < -0.4 is 10.9 Å². The van der Waals surface area contributed by atoms with Gasteiger partial charge in [0, 0.05) is 26.0 Å². The van der Waals surface area contributed by atoms with Crippen LogP contribution in [0, 0.1) is 0 Å². The second kappa shape index (κ2) is 9.64. The summed E-state index contributed by atoms with van der Waals surface area (Å²) in [6.07, 6.45) is 1.44. The van der Waals surface area contributed by atoms with Gasteiger partial charge in [-0.3, -0.25) is 9.59 Å². The minimum Gasteiger partial charge on any atom is -0.377 e. The average Bonchev–Trinajstić information content (AvgIpc) is 2.70. The summed E-state index contributed by atoms with van der Waals surface area (Å²) in [6.45, 7) is 1.74. The maximum absolute atomic E-state index is 12.0. The van der Waals surface area contributed by atoms with E-state index < -0.39 is 0 Å². The lowest BCUT2D eigenvalue weighted by molar-refractivity contribution is -0.121. The van der Waals surface area contributed by atoms with Crippen molar-refractivity contribution in [2.24, 2.45) is 0 Å². The third-order valence-electron chi connectivity index (χ3n) is 4.15. The van der Waals surface area contributed by atoms with Crippen LogP contribution >= 0.6 is 0 Å². The van der Waals surface area contributed by atoms with Crippen molar-refractivity contribution in [2.75, 3.05) is 13.2 Å². The molecular formula is C21H23N3O3. The fourth-order valence-electron chi connectivity index (χ4n) is 2.74. The summed E-state index contributed by atoms with van der Waals surface area (Å²) in [7, 11) is 0. The molecule has 1 amide bonds. The number of amides is 1. The number of nitrogens with zero attached hydrogens (tertiary/aromatic N) is 1. The quantitative estimate of drug-likeness (QED) is 0.571. The van der Waals surface area contributed by atoms with Crippen LogP contribution in [0.5, 0.6) is 0 Å². The molecule has 0 saturated heterocycles. The first kappa shape index (κ1) is 18.8. The second-order valence-electron chi connectivity index (χ2n) is 6.27. The zero-order valence-electron chi connectivity index (χ0n) is 15.1. The zero-order valence-corrected chi connectivity index (χ0v) is 15.1. The number of aromatic nitrogens is 2. The maximum Gasteiger partial charge on any atom is 0.258 e. The van der Waals surface area contributed by atoms with Gasteiger partial charge in [-0.25, -0.2) is 4.98 Å². The molecule has 0 aliphatic rings. The Morgan fingerprint density at radius 1 is 1.07 bits per heavy atom. The monoisotopic (exact) mass is 365 g/mol. The van der Waals surface area contributed by atoms with E-state index in [-0.39, 0.29) is 17.9 Å². The summed E-state index contributed by atoms with van der Waals surface area (Å²) in [5.74, 6) is 0.467. The Morgan fingerprint density at radius 2 is 1.85 bits per heavy atom. The molecule has 140 valence electrons. The highest BCUT2D eigenvalue weighted by molar-refractivity contribution is 5.78. The van der Waals surface area contributed by atoms with E-state index in [1.54, 1.807) is 18.2 Å². The van der Waals surface area contributed by atoms with E-state index in [4.69, 9.17) is 4.74 Å². The summed E-state index contributed by atoms with van der Waals surface area (Å²) in [5.41, 5.74) is 1.61. The van der Waals surface area contributed by atoms with Crippen molar-refractivity contribution in [3.8, 4) is 0 Å². The number of aryl methyl sites for hydroxylation is 1. The molecule has 0 aliphatic heterocycles. The molecule has 0 bridgehead atoms. The van der Waals surface area contributed by atoms with Crippen molar-refractivity contribution < 1.29 is 9.53 Å². The highest BCUT2D eigenvalue weighted by Gasteiger charge is 2.06. The van der Waals surface area contributed by atoms with Gasteiger partial charge in [-0.05, 0) is 24.1 Å². The first-order chi connectivity index (χ1) is 13.2. The number of benzene rings is 2. The van der Waals surface area contributed by atoms with Crippen LogP contribution in [0.4, 0.5) is 0 Å². The van der Waals surface area contributed by atoms with Gasteiger partial charge in [-0.15, -0.1) is 0 Å². The molecular weight excluding hydrogens is 342 g/mol. The van der Waals surface area contributed by atoms with Gasteiger partial charge in [0.2, 0.25) is 5.91 Å². The standard InChI is InChI=1S/C21H23N3O3/c25-20(22-13-6-14-27-15-16-7-2-1-3-8-16)12-11-19-23-18-10-5-4-9-17(18)21(26)24-19/h1-5,7-10H,6,11-15H2,(H,22,25)(H,23,24,26). The lowest BCUT2D eigenvalue weighted by Gasteiger charge is -2.07. The van der Waals surface area contributed by atoms with E-state index in [0.29, 0.717) is 42.9 Å². The number of fused-ring (bicyclic) bond motifs is 1. The van der Waals surface area contributed by atoms with Crippen molar-refractivity contribution in [1.29, 1.82) is 0 Å². The van der Waals surface area contributed by atoms with E-state index in [9.17, 15) is 9.59 Å². The summed E-state index contributed by atoms with van der Waals surface area (Å²) in [4.78, 5) is 31.1. The number of para-hydroxylation sites is 1. The SMILES string of the molecule is O=C(CCc1nc2ccccc2c(=O)[nH]1)NCCCOCc1ccccc1. The summed E-state index contributed by atoms with van der Waals surface area (Å²) in [6, 6.07) is 17.2. The molecule has 0 unspecified atom stereocenters. The molecule has 0 spiro atoms.